The van der Waals surface area contributed by atoms with Gasteiger partial charge in [-0.15, -0.1) is 11.3 Å². The largest absolute Gasteiger partial charge is 0.469 e. The van der Waals surface area contributed by atoms with Gasteiger partial charge in [-0.25, -0.2) is 4.98 Å². The number of nitrogens with one attached hydrogen (secondary N) is 1. The first-order valence-corrected chi connectivity index (χ1v) is 6.89. The lowest BCUT2D eigenvalue weighted by molar-refractivity contribution is -0.140. The minimum Gasteiger partial charge on any atom is -0.469 e. The van der Waals surface area contributed by atoms with E-state index in [0.717, 1.165) is 5.01 Å². The van der Waals surface area contributed by atoms with Crippen LogP contribution in [-0.4, -0.2) is 30.5 Å². The Bertz CT molecular complexity index is 577. The Hall–Kier alpha value is -2.15. The summed E-state index contributed by atoms with van der Waals surface area (Å²) in [6.07, 6.45) is 1.92. The summed E-state index contributed by atoms with van der Waals surface area (Å²) in [4.78, 5) is 26.9. The number of amides is 1. The minimum atomic E-state index is -0.348. The number of rotatable bonds is 6. The van der Waals surface area contributed by atoms with Crippen molar-refractivity contribution in [1.29, 1.82) is 0 Å². The molecule has 0 fully saturated rings. The third kappa shape index (κ3) is 3.92. The fraction of sp³-hybridized carbons (Fsp3) is 0.308. The lowest BCUT2D eigenvalue weighted by Crippen LogP contribution is -2.27. The van der Waals surface area contributed by atoms with E-state index in [0.29, 0.717) is 11.5 Å². The van der Waals surface area contributed by atoms with Crippen LogP contribution in [0.1, 0.15) is 12.1 Å². The normalized spacial score (nSPS) is 10.2. The van der Waals surface area contributed by atoms with Gasteiger partial charge in [-0.1, -0.05) is 0 Å². The maximum absolute atomic E-state index is 11.7. The number of ether oxygens (including phenoxy) is 1. The molecule has 0 aliphatic rings. The summed E-state index contributed by atoms with van der Waals surface area (Å²) in [5.74, 6) is 0.164. The second kappa shape index (κ2) is 6.85. The maximum Gasteiger partial charge on any atom is 0.307 e. The van der Waals surface area contributed by atoms with Gasteiger partial charge in [0, 0.05) is 11.9 Å². The zero-order chi connectivity index (χ0) is 14.4. The number of carbonyl (C=O) groups excluding carboxylic acids is 2. The standard InChI is InChI=1S/C13H14N2O4S/c1-18-12(17)4-5-14-11(16)7-9-8-20-13(15-9)10-3-2-6-19-10/h2-3,6,8H,4-5,7H2,1H3,(H,14,16). The molecule has 0 bridgehead atoms. The van der Waals surface area contributed by atoms with E-state index in [9.17, 15) is 9.59 Å². The van der Waals surface area contributed by atoms with Crippen molar-refractivity contribution in [3.63, 3.8) is 0 Å². The van der Waals surface area contributed by atoms with Crippen LogP contribution in [0.25, 0.3) is 10.8 Å². The molecule has 0 unspecified atom stereocenters. The number of hydrogen-bond acceptors (Lipinski definition) is 6. The average Bonchev–Trinajstić information content (AvgIpc) is 3.08. The highest BCUT2D eigenvalue weighted by molar-refractivity contribution is 7.13. The smallest absolute Gasteiger partial charge is 0.307 e. The van der Waals surface area contributed by atoms with Gasteiger partial charge in [0.1, 0.15) is 0 Å². The number of aromatic nitrogens is 1. The van der Waals surface area contributed by atoms with E-state index in [1.807, 2.05) is 11.4 Å². The molecule has 2 rings (SSSR count). The lowest BCUT2D eigenvalue weighted by atomic mass is 10.3. The molecule has 0 saturated heterocycles. The van der Waals surface area contributed by atoms with E-state index >= 15 is 0 Å². The summed E-state index contributed by atoms with van der Waals surface area (Å²) in [5, 5.41) is 5.20. The Kier molecular flexibility index (Phi) is 4.89. The number of thiazole rings is 1. The number of esters is 1. The molecule has 0 saturated carbocycles. The summed E-state index contributed by atoms with van der Waals surface area (Å²) in [6, 6.07) is 3.61. The number of nitrogens with zero attached hydrogens (tertiary/aromatic N) is 1. The van der Waals surface area contributed by atoms with Crippen molar-refractivity contribution < 1.29 is 18.7 Å². The molecule has 2 heterocycles. The van der Waals surface area contributed by atoms with Crippen molar-refractivity contribution in [2.24, 2.45) is 0 Å². The molecule has 2 aromatic heterocycles. The molecular formula is C13H14N2O4S. The van der Waals surface area contributed by atoms with E-state index in [-0.39, 0.29) is 31.3 Å². The Morgan fingerprint density at radius 3 is 3.05 bits per heavy atom. The van der Waals surface area contributed by atoms with Gasteiger partial charge in [0.05, 0.1) is 31.9 Å². The number of hydrogen-bond donors (Lipinski definition) is 1. The topological polar surface area (TPSA) is 81.4 Å². The SMILES string of the molecule is COC(=O)CCNC(=O)Cc1csc(-c2ccco2)n1. The van der Waals surface area contributed by atoms with Crippen molar-refractivity contribution >= 4 is 23.2 Å². The van der Waals surface area contributed by atoms with Gasteiger partial charge in [-0.05, 0) is 12.1 Å². The van der Waals surface area contributed by atoms with Crippen LogP contribution >= 0.6 is 11.3 Å². The molecule has 2 aromatic rings. The zero-order valence-corrected chi connectivity index (χ0v) is 11.7. The van der Waals surface area contributed by atoms with Crippen LogP contribution < -0.4 is 5.32 Å². The Balaban J connectivity index is 1.81. The molecule has 0 spiro atoms. The quantitative estimate of drug-likeness (QED) is 0.819. The second-order valence-corrected chi connectivity index (χ2v) is 4.83. The summed E-state index contributed by atoms with van der Waals surface area (Å²) < 4.78 is 9.72. The molecular weight excluding hydrogens is 280 g/mol. The van der Waals surface area contributed by atoms with Crippen molar-refractivity contribution in [2.45, 2.75) is 12.8 Å². The van der Waals surface area contributed by atoms with E-state index in [2.05, 4.69) is 15.0 Å². The Morgan fingerprint density at radius 2 is 2.35 bits per heavy atom. The Morgan fingerprint density at radius 1 is 1.50 bits per heavy atom. The van der Waals surface area contributed by atoms with Crippen molar-refractivity contribution in [2.75, 3.05) is 13.7 Å². The van der Waals surface area contributed by atoms with Crippen LogP contribution in [0.3, 0.4) is 0 Å². The first-order chi connectivity index (χ1) is 9.69. The molecule has 0 atom stereocenters. The van der Waals surface area contributed by atoms with Crippen LogP contribution in [0.4, 0.5) is 0 Å². The number of carbonyl (C=O) groups is 2. The van der Waals surface area contributed by atoms with Crippen molar-refractivity contribution in [3.05, 3.63) is 29.5 Å². The molecule has 0 aromatic carbocycles. The van der Waals surface area contributed by atoms with Crippen LogP contribution in [-0.2, 0) is 20.7 Å². The zero-order valence-electron chi connectivity index (χ0n) is 10.9. The monoisotopic (exact) mass is 294 g/mol. The predicted octanol–water partition coefficient (Wildman–Crippen LogP) is 1.62. The summed E-state index contributed by atoms with van der Waals surface area (Å²) >= 11 is 1.42. The highest BCUT2D eigenvalue weighted by Crippen LogP contribution is 2.23. The molecule has 106 valence electrons. The van der Waals surface area contributed by atoms with Gasteiger partial charge in [-0.3, -0.25) is 9.59 Å². The van der Waals surface area contributed by atoms with E-state index in [4.69, 9.17) is 4.42 Å². The molecule has 0 radical (unpaired) electrons. The number of furan rings is 1. The third-order valence-electron chi connectivity index (χ3n) is 2.50. The summed E-state index contributed by atoms with van der Waals surface area (Å²) in [5.41, 5.74) is 0.678. The molecule has 1 N–H and O–H groups in total. The van der Waals surface area contributed by atoms with Crippen molar-refractivity contribution in [1.82, 2.24) is 10.3 Å². The summed E-state index contributed by atoms with van der Waals surface area (Å²) in [6.45, 7) is 0.265. The molecule has 0 aliphatic heterocycles. The van der Waals surface area contributed by atoms with Gasteiger partial charge >= 0.3 is 5.97 Å². The molecule has 1 amide bonds. The van der Waals surface area contributed by atoms with Crippen LogP contribution in [0.2, 0.25) is 0 Å². The van der Waals surface area contributed by atoms with Gasteiger partial charge in [0.15, 0.2) is 10.8 Å². The van der Waals surface area contributed by atoms with Crippen molar-refractivity contribution in [3.8, 4) is 10.8 Å². The van der Waals surface area contributed by atoms with E-state index in [1.54, 1.807) is 12.3 Å². The fourth-order valence-corrected chi connectivity index (χ4v) is 2.32. The summed E-state index contributed by atoms with van der Waals surface area (Å²) in [7, 11) is 1.32. The lowest BCUT2D eigenvalue weighted by Gasteiger charge is -2.02. The van der Waals surface area contributed by atoms with Gasteiger partial charge in [-0.2, -0.15) is 0 Å². The van der Waals surface area contributed by atoms with Gasteiger partial charge in [0.25, 0.3) is 0 Å². The highest BCUT2D eigenvalue weighted by Gasteiger charge is 2.10. The average molecular weight is 294 g/mol. The fourth-order valence-electron chi connectivity index (χ4n) is 1.53. The van der Waals surface area contributed by atoms with Crippen LogP contribution in [0.5, 0.6) is 0 Å². The molecule has 6 nitrogen and oxygen atoms in total. The predicted molar refractivity (Wildman–Crippen MR) is 73.2 cm³/mol. The Labute approximate surface area is 119 Å². The van der Waals surface area contributed by atoms with Gasteiger partial charge < -0.3 is 14.5 Å². The minimum absolute atomic E-state index is 0.164. The van der Waals surface area contributed by atoms with Crippen LogP contribution in [0, 0.1) is 0 Å². The van der Waals surface area contributed by atoms with Crippen LogP contribution in [0.15, 0.2) is 28.2 Å². The first-order valence-electron chi connectivity index (χ1n) is 6.01. The second-order valence-electron chi connectivity index (χ2n) is 3.97. The molecule has 0 aliphatic carbocycles. The van der Waals surface area contributed by atoms with Gasteiger partial charge in [0.2, 0.25) is 5.91 Å². The van der Waals surface area contributed by atoms with E-state index in [1.165, 1.54) is 18.4 Å². The molecule has 20 heavy (non-hydrogen) atoms. The highest BCUT2D eigenvalue weighted by atomic mass is 32.1. The van der Waals surface area contributed by atoms with E-state index < -0.39 is 0 Å². The molecule has 7 heteroatoms. The first kappa shape index (κ1) is 14.3. The number of methoxy groups -OCH3 is 1. The third-order valence-corrected chi connectivity index (χ3v) is 3.41. The maximum atomic E-state index is 11.7.